The van der Waals surface area contributed by atoms with E-state index < -0.39 is 0 Å². The fourth-order valence-electron chi connectivity index (χ4n) is 3.97. The third-order valence-corrected chi connectivity index (χ3v) is 8.11. The number of amidine groups is 1. The number of thiazole rings is 1. The van der Waals surface area contributed by atoms with Gasteiger partial charge in [-0.1, -0.05) is 25.4 Å². The van der Waals surface area contributed by atoms with Crippen molar-refractivity contribution in [1.29, 1.82) is 0 Å². The molecule has 8 heteroatoms. The van der Waals surface area contributed by atoms with Crippen LogP contribution < -0.4 is 19.9 Å². The zero-order valence-corrected chi connectivity index (χ0v) is 22.4. The Balaban J connectivity index is 1.43. The van der Waals surface area contributed by atoms with E-state index in [1.54, 1.807) is 12.1 Å². The molecule has 2 aromatic carbocycles. The van der Waals surface area contributed by atoms with E-state index in [1.807, 2.05) is 19.2 Å². The molecular formula is C28H39N4O3S+. The maximum atomic E-state index is 8.71. The van der Waals surface area contributed by atoms with Crippen molar-refractivity contribution in [3.05, 3.63) is 64.0 Å². The molecule has 0 aliphatic heterocycles. The molecule has 0 spiro atoms. The van der Waals surface area contributed by atoms with E-state index in [4.69, 9.17) is 25.4 Å². The maximum absolute atomic E-state index is 8.71. The zero-order chi connectivity index (χ0) is 25.8. The second-order valence-electron chi connectivity index (χ2n) is 8.54. The standard InChI is InChI=1S/C28H38N4O3S/c1-4-6-10-25-27(31-26(5-2)36(25)30-3)21-11-15-23(16-12-21)34-19-8-7-9-20-35-24-17-13-22(14-18-24)28(29)32-33/h11-18,30H,4-10,19-20H2,1-3H3,(H2-,29,32,33)/p+1. The quantitative estimate of drug-likeness (QED) is 0.0553. The third-order valence-electron chi connectivity index (χ3n) is 5.96. The zero-order valence-electron chi connectivity index (χ0n) is 21.6. The summed E-state index contributed by atoms with van der Waals surface area (Å²) in [6.45, 7) is 5.74. The molecule has 7 nitrogen and oxygen atoms in total. The number of rotatable bonds is 15. The van der Waals surface area contributed by atoms with E-state index in [0.29, 0.717) is 18.8 Å². The molecule has 3 rings (SSSR count). The summed E-state index contributed by atoms with van der Waals surface area (Å²) in [4.78, 5) is 6.44. The lowest BCUT2D eigenvalue weighted by Gasteiger charge is -2.08. The Hall–Kier alpha value is -3.10. The molecule has 1 aromatic heterocycles. The first kappa shape index (κ1) is 27.5. The molecule has 4 N–H and O–H groups in total. The van der Waals surface area contributed by atoms with Crippen LogP contribution in [-0.2, 0) is 12.8 Å². The molecule has 0 bridgehead atoms. The Morgan fingerprint density at radius 1 is 0.944 bits per heavy atom. The number of hydrogen-bond donors (Lipinski definition) is 3. The first-order valence-electron chi connectivity index (χ1n) is 12.8. The second kappa shape index (κ2) is 14.5. The summed E-state index contributed by atoms with van der Waals surface area (Å²) in [5.41, 5.74) is 8.54. The van der Waals surface area contributed by atoms with Gasteiger partial charge in [0.25, 0.3) is 5.01 Å². The molecule has 0 aliphatic rings. The summed E-state index contributed by atoms with van der Waals surface area (Å²) >= 11 is 0. The third kappa shape index (κ3) is 7.45. The first-order valence-corrected chi connectivity index (χ1v) is 14.0. The van der Waals surface area contributed by atoms with E-state index in [1.165, 1.54) is 28.3 Å². The minimum Gasteiger partial charge on any atom is -0.494 e. The summed E-state index contributed by atoms with van der Waals surface area (Å²) in [6, 6.07) is 15.6. The highest BCUT2D eigenvalue weighted by Gasteiger charge is 2.27. The lowest BCUT2D eigenvalue weighted by molar-refractivity contribution is 0.279. The van der Waals surface area contributed by atoms with Gasteiger partial charge in [-0.15, -0.1) is 4.72 Å². The largest absolute Gasteiger partial charge is 0.494 e. The Labute approximate surface area is 217 Å². The van der Waals surface area contributed by atoms with Gasteiger partial charge in [0.05, 0.1) is 23.9 Å². The van der Waals surface area contributed by atoms with E-state index in [2.05, 4.69) is 48.0 Å². The summed E-state index contributed by atoms with van der Waals surface area (Å²) in [5, 5.41) is 13.0. The van der Waals surface area contributed by atoms with Gasteiger partial charge in [-0.2, -0.15) is 4.98 Å². The number of ether oxygens (including phenoxy) is 2. The number of hydrogen-bond acceptors (Lipinski definition) is 6. The van der Waals surface area contributed by atoms with Gasteiger partial charge < -0.3 is 20.4 Å². The monoisotopic (exact) mass is 511 g/mol. The number of aryl methyl sites for hydroxylation is 1. The predicted octanol–water partition coefficient (Wildman–Crippen LogP) is 6.30. The summed E-state index contributed by atoms with van der Waals surface area (Å²) in [6.07, 6.45) is 7.36. The van der Waals surface area contributed by atoms with Crippen molar-refractivity contribution in [1.82, 2.24) is 4.98 Å². The van der Waals surface area contributed by atoms with Crippen molar-refractivity contribution < 1.29 is 14.7 Å². The van der Waals surface area contributed by atoms with Crippen LogP contribution in [0.3, 0.4) is 0 Å². The Morgan fingerprint density at radius 2 is 1.56 bits per heavy atom. The van der Waals surface area contributed by atoms with Crippen LogP contribution in [0, 0.1) is 0 Å². The molecule has 0 amide bonds. The minimum atomic E-state index is -0.0530. The maximum Gasteiger partial charge on any atom is 0.263 e. The first-order chi connectivity index (χ1) is 17.6. The summed E-state index contributed by atoms with van der Waals surface area (Å²) < 4.78 is 15.2. The fourth-order valence-corrected chi connectivity index (χ4v) is 5.91. The number of nitrogens with two attached hydrogens (primary N) is 1. The molecule has 1 heterocycles. The Kier molecular flexibility index (Phi) is 11.0. The molecular weight excluding hydrogens is 472 g/mol. The van der Waals surface area contributed by atoms with Crippen molar-refractivity contribution >= 4 is 16.5 Å². The number of benzene rings is 2. The van der Waals surface area contributed by atoms with Crippen LogP contribution in [0.1, 0.15) is 61.4 Å². The molecule has 0 radical (unpaired) electrons. The molecule has 0 aliphatic carbocycles. The van der Waals surface area contributed by atoms with E-state index in [-0.39, 0.29) is 16.5 Å². The van der Waals surface area contributed by atoms with Crippen LogP contribution in [0.25, 0.3) is 11.3 Å². The van der Waals surface area contributed by atoms with Crippen molar-refractivity contribution in [2.75, 3.05) is 25.0 Å². The van der Waals surface area contributed by atoms with E-state index in [0.717, 1.165) is 49.3 Å². The van der Waals surface area contributed by atoms with Crippen molar-refractivity contribution in [3.8, 4) is 22.8 Å². The lowest BCUT2D eigenvalue weighted by Crippen LogP contribution is -2.12. The van der Waals surface area contributed by atoms with Crippen LogP contribution in [0.2, 0.25) is 0 Å². The molecule has 0 fully saturated rings. The van der Waals surface area contributed by atoms with Gasteiger partial charge in [-0.25, -0.2) is 0 Å². The van der Waals surface area contributed by atoms with Crippen LogP contribution in [-0.4, -0.2) is 36.3 Å². The number of nitrogens with zero attached hydrogens (tertiary/aromatic N) is 2. The predicted molar refractivity (Wildman–Crippen MR) is 149 cm³/mol. The van der Waals surface area contributed by atoms with Gasteiger partial charge in [-0.3, -0.25) is 0 Å². The summed E-state index contributed by atoms with van der Waals surface area (Å²) in [5.74, 6) is 1.75. The van der Waals surface area contributed by atoms with E-state index in [9.17, 15) is 0 Å². The molecule has 0 saturated heterocycles. The highest BCUT2D eigenvalue weighted by Crippen LogP contribution is 2.37. The average molecular weight is 512 g/mol. The van der Waals surface area contributed by atoms with Crippen LogP contribution in [0.5, 0.6) is 11.5 Å². The number of oxime groups is 1. The Bertz CT molecular complexity index is 1100. The highest BCUT2D eigenvalue weighted by atomic mass is 32.2. The van der Waals surface area contributed by atoms with Crippen LogP contribution >= 0.6 is 10.7 Å². The molecule has 1 atom stereocenters. The van der Waals surface area contributed by atoms with Gasteiger partial charge in [0.1, 0.15) is 17.2 Å². The number of nitrogens with one attached hydrogen (secondary N) is 1. The fraction of sp³-hybridized carbons (Fsp3) is 0.429. The van der Waals surface area contributed by atoms with Gasteiger partial charge in [0, 0.05) is 31.0 Å². The smallest absolute Gasteiger partial charge is 0.263 e. The topological polar surface area (TPSA) is 102 Å². The average Bonchev–Trinajstić information content (AvgIpc) is 3.29. The normalized spacial score (nSPS) is 12.1. The van der Waals surface area contributed by atoms with E-state index >= 15 is 0 Å². The second-order valence-corrected chi connectivity index (χ2v) is 10.5. The van der Waals surface area contributed by atoms with Crippen molar-refractivity contribution in [3.63, 3.8) is 0 Å². The molecule has 1 unspecified atom stereocenters. The SMILES string of the molecule is CCCCc1c(-c2ccc(OCCCCCOc3ccc(C(N)=NO)cc3)cc2)nc(CC)[s+]1NC. The molecule has 194 valence electrons. The number of unbranched alkanes of at least 4 members (excludes halogenated alkanes) is 3. The Morgan fingerprint density at radius 3 is 2.08 bits per heavy atom. The molecule has 0 saturated carbocycles. The molecule has 3 aromatic rings. The van der Waals surface area contributed by atoms with Crippen LogP contribution in [0.4, 0.5) is 0 Å². The van der Waals surface area contributed by atoms with Crippen molar-refractivity contribution in [2.24, 2.45) is 10.9 Å². The van der Waals surface area contributed by atoms with Gasteiger partial charge in [-0.05, 0) is 74.2 Å². The summed E-state index contributed by atoms with van der Waals surface area (Å²) in [7, 11) is 1.98. The van der Waals surface area contributed by atoms with Gasteiger partial charge in [0.15, 0.2) is 10.7 Å². The van der Waals surface area contributed by atoms with Gasteiger partial charge >= 0.3 is 0 Å². The van der Waals surface area contributed by atoms with Gasteiger partial charge in [0.2, 0.25) is 0 Å². The highest BCUT2D eigenvalue weighted by molar-refractivity contribution is 7.33. The number of aromatic nitrogens is 1. The molecule has 36 heavy (non-hydrogen) atoms. The van der Waals surface area contributed by atoms with Crippen LogP contribution in [0.15, 0.2) is 53.7 Å². The minimum absolute atomic E-state index is 0.0530. The lowest BCUT2D eigenvalue weighted by atomic mass is 10.1. The van der Waals surface area contributed by atoms with Crippen molar-refractivity contribution in [2.45, 2.75) is 58.8 Å².